The first-order chi connectivity index (χ1) is 13.0. The number of benzene rings is 2. The van der Waals surface area contributed by atoms with E-state index in [2.05, 4.69) is 14.8 Å². The zero-order valence-electron chi connectivity index (χ0n) is 15.1. The van der Waals surface area contributed by atoms with Crippen molar-refractivity contribution >= 4 is 21.6 Å². The zero-order valence-corrected chi connectivity index (χ0v) is 15.9. The van der Waals surface area contributed by atoms with Crippen molar-refractivity contribution in [1.29, 1.82) is 0 Å². The molecule has 0 atom stereocenters. The Morgan fingerprint density at radius 1 is 1.04 bits per heavy atom. The average Bonchev–Trinajstić information content (AvgIpc) is 2.57. The fourth-order valence-corrected chi connectivity index (χ4v) is 3.28. The Morgan fingerprint density at radius 3 is 2.25 bits per heavy atom. The first-order valence-electron chi connectivity index (χ1n) is 8.19. The van der Waals surface area contributed by atoms with Crippen LogP contribution >= 0.6 is 0 Å². The number of hydrogen-bond donors (Lipinski definition) is 2. The van der Waals surface area contributed by atoms with E-state index in [0.29, 0.717) is 5.69 Å². The second-order valence-corrected chi connectivity index (χ2v) is 7.78. The van der Waals surface area contributed by atoms with Gasteiger partial charge >= 0.3 is 6.36 Å². The summed E-state index contributed by atoms with van der Waals surface area (Å²) in [4.78, 5) is 11.7. The van der Waals surface area contributed by atoms with Crippen LogP contribution in [0, 0.1) is 13.8 Å². The summed E-state index contributed by atoms with van der Waals surface area (Å²) in [5, 5.41) is 2.67. The lowest BCUT2D eigenvalue weighted by atomic mass is 10.1. The minimum absolute atomic E-state index is 0.110. The molecule has 2 N–H and O–H groups in total. The number of carbonyl (C=O) groups excluding carboxylic acids is 1. The monoisotopic (exact) mass is 416 g/mol. The highest BCUT2D eigenvalue weighted by Gasteiger charge is 2.31. The number of carbonyl (C=O) groups is 1. The summed E-state index contributed by atoms with van der Waals surface area (Å²) >= 11 is 0. The molecule has 0 spiro atoms. The standard InChI is InChI=1S/C18H19F3N2O4S/c1-12-3-4-14(11-13(12)2)23-17(24)9-10-22-28(25,26)16-7-5-15(6-8-16)27-18(19,20)21/h3-8,11,22H,9-10H2,1-2H3,(H,23,24). The molecule has 0 fully saturated rings. The number of hydrogen-bond acceptors (Lipinski definition) is 4. The van der Waals surface area contributed by atoms with E-state index < -0.39 is 22.1 Å². The van der Waals surface area contributed by atoms with Crippen LogP contribution in [0.3, 0.4) is 0 Å². The summed E-state index contributed by atoms with van der Waals surface area (Å²) < 4.78 is 66.6. The lowest BCUT2D eigenvalue weighted by Gasteiger charge is -2.10. The topological polar surface area (TPSA) is 84.5 Å². The van der Waals surface area contributed by atoms with Crippen LogP contribution in [-0.4, -0.2) is 27.2 Å². The van der Waals surface area contributed by atoms with E-state index >= 15 is 0 Å². The number of ether oxygens (including phenoxy) is 1. The molecule has 0 unspecified atom stereocenters. The van der Waals surface area contributed by atoms with E-state index in [1.807, 2.05) is 26.0 Å². The molecule has 0 bridgehead atoms. The molecule has 1 amide bonds. The van der Waals surface area contributed by atoms with Crippen LogP contribution in [0.5, 0.6) is 5.75 Å². The molecule has 0 aromatic heterocycles. The molecule has 28 heavy (non-hydrogen) atoms. The fourth-order valence-electron chi connectivity index (χ4n) is 2.25. The van der Waals surface area contributed by atoms with Crippen molar-refractivity contribution in [2.45, 2.75) is 31.5 Å². The molecule has 0 aliphatic rings. The molecule has 0 radical (unpaired) electrons. The number of amides is 1. The highest BCUT2D eigenvalue weighted by molar-refractivity contribution is 7.89. The van der Waals surface area contributed by atoms with Gasteiger partial charge < -0.3 is 10.1 Å². The smallest absolute Gasteiger partial charge is 0.406 e. The largest absolute Gasteiger partial charge is 0.573 e. The molecule has 0 saturated carbocycles. The van der Waals surface area contributed by atoms with Gasteiger partial charge in [0.05, 0.1) is 4.90 Å². The molecule has 0 heterocycles. The van der Waals surface area contributed by atoms with Crippen molar-refractivity contribution in [3.63, 3.8) is 0 Å². The minimum Gasteiger partial charge on any atom is -0.406 e. The zero-order chi connectivity index (χ0) is 20.9. The summed E-state index contributed by atoms with van der Waals surface area (Å²) in [5.74, 6) is -0.904. The van der Waals surface area contributed by atoms with Crippen molar-refractivity contribution in [2.24, 2.45) is 0 Å². The number of aryl methyl sites for hydroxylation is 2. The fraction of sp³-hybridized carbons (Fsp3) is 0.278. The summed E-state index contributed by atoms with van der Waals surface area (Å²) in [6, 6.07) is 9.18. The van der Waals surface area contributed by atoms with Gasteiger partial charge in [-0.1, -0.05) is 6.07 Å². The maximum absolute atomic E-state index is 12.1. The van der Waals surface area contributed by atoms with Crippen LogP contribution in [0.1, 0.15) is 17.5 Å². The molecular formula is C18H19F3N2O4S. The van der Waals surface area contributed by atoms with Gasteiger partial charge in [0.1, 0.15) is 5.75 Å². The summed E-state index contributed by atoms with van der Waals surface area (Å²) in [6.45, 7) is 3.68. The third-order valence-corrected chi connectivity index (χ3v) is 5.28. The third kappa shape index (κ3) is 6.54. The molecule has 2 aromatic rings. The lowest BCUT2D eigenvalue weighted by molar-refractivity contribution is -0.274. The Hall–Kier alpha value is -2.59. The maximum Gasteiger partial charge on any atom is 0.573 e. The van der Waals surface area contributed by atoms with Gasteiger partial charge in [-0.05, 0) is 61.4 Å². The SMILES string of the molecule is Cc1ccc(NC(=O)CCNS(=O)(=O)c2ccc(OC(F)(F)F)cc2)cc1C. The quantitative estimate of drug-likeness (QED) is 0.724. The van der Waals surface area contributed by atoms with Gasteiger partial charge in [-0.25, -0.2) is 13.1 Å². The molecule has 2 aromatic carbocycles. The number of alkyl halides is 3. The molecule has 2 rings (SSSR count). The van der Waals surface area contributed by atoms with E-state index in [1.54, 1.807) is 6.07 Å². The van der Waals surface area contributed by atoms with Gasteiger partial charge in [0.25, 0.3) is 0 Å². The van der Waals surface area contributed by atoms with Gasteiger partial charge in [-0.3, -0.25) is 4.79 Å². The van der Waals surface area contributed by atoms with Gasteiger partial charge in [0, 0.05) is 18.7 Å². The van der Waals surface area contributed by atoms with Crippen LogP contribution in [0.2, 0.25) is 0 Å². The van der Waals surface area contributed by atoms with E-state index in [9.17, 15) is 26.4 Å². The number of rotatable bonds is 7. The normalized spacial score (nSPS) is 11.9. The average molecular weight is 416 g/mol. The Kier molecular flexibility index (Phi) is 6.68. The molecule has 152 valence electrons. The molecule has 0 aliphatic heterocycles. The summed E-state index contributed by atoms with van der Waals surface area (Å²) in [5.41, 5.74) is 2.70. The Bertz CT molecular complexity index is 942. The highest BCUT2D eigenvalue weighted by Crippen LogP contribution is 2.23. The van der Waals surface area contributed by atoms with E-state index in [0.717, 1.165) is 35.4 Å². The van der Waals surface area contributed by atoms with Crippen LogP contribution in [-0.2, 0) is 14.8 Å². The van der Waals surface area contributed by atoms with Gasteiger partial charge in [-0.15, -0.1) is 13.2 Å². The third-order valence-electron chi connectivity index (χ3n) is 3.80. The Morgan fingerprint density at radius 2 is 1.68 bits per heavy atom. The number of nitrogens with one attached hydrogen (secondary N) is 2. The van der Waals surface area contributed by atoms with E-state index in [1.165, 1.54) is 0 Å². The van der Waals surface area contributed by atoms with Crippen molar-refractivity contribution < 1.29 is 31.1 Å². The molecule has 0 aliphatic carbocycles. The summed E-state index contributed by atoms with van der Waals surface area (Å²) in [6.07, 6.45) is -4.97. The van der Waals surface area contributed by atoms with Crippen molar-refractivity contribution in [3.8, 4) is 5.75 Å². The summed E-state index contributed by atoms with van der Waals surface area (Å²) in [7, 11) is -3.97. The van der Waals surface area contributed by atoms with Crippen LogP contribution in [0.15, 0.2) is 47.4 Å². The van der Waals surface area contributed by atoms with Gasteiger partial charge in [-0.2, -0.15) is 0 Å². The van der Waals surface area contributed by atoms with Crippen LogP contribution < -0.4 is 14.8 Å². The number of halogens is 3. The van der Waals surface area contributed by atoms with Gasteiger partial charge in [0.2, 0.25) is 15.9 Å². The maximum atomic E-state index is 12.1. The predicted molar refractivity (Wildman–Crippen MR) is 97.5 cm³/mol. The number of sulfonamides is 1. The number of anilines is 1. The second kappa shape index (κ2) is 8.61. The van der Waals surface area contributed by atoms with Crippen molar-refractivity contribution in [1.82, 2.24) is 4.72 Å². The molecule has 6 nitrogen and oxygen atoms in total. The molecule has 0 saturated heterocycles. The first kappa shape index (κ1) is 21.7. The van der Waals surface area contributed by atoms with Crippen LogP contribution in [0.25, 0.3) is 0 Å². The molecule has 10 heteroatoms. The second-order valence-electron chi connectivity index (χ2n) is 6.01. The predicted octanol–water partition coefficient (Wildman–Crippen LogP) is 3.51. The Balaban J connectivity index is 1.88. The van der Waals surface area contributed by atoms with E-state index in [4.69, 9.17) is 0 Å². The van der Waals surface area contributed by atoms with Gasteiger partial charge in [0.15, 0.2) is 0 Å². The molecular weight excluding hydrogens is 397 g/mol. The van der Waals surface area contributed by atoms with E-state index in [-0.39, 0.29) is 23.8 Å². The Labute approximate surface area is 160 Å². The first-order valence-corrected chi connectivity index (χ1v) is 9.67. The lowest BCUT2D eigenvalue weighted by Crippen LogP contribution is -2.27. The highest BCUT2D eigenvalue weighted by atomic mass is 32.2. The minimum atomic E-state index is -4.86. The van der Waals surface area contributed by atoms with Crippen molar-refractivity contribution in [3.05, 3.63) is 53.6 Å². The van der Waals surface area contributed by atoms with Crippen LogP contribution in [0.4, 0.5) is 18.9 Å². The van der Waals surface area contributed by atoms with Crippen molar-refractivity contribution in [2.75, 3.05) is 11.9 Å².